The van der Waals surface area contributed by atoms with Crippen LogP contribution in [0.4, 0.5) is 0 Å². The van der Waals surface area contributed by atoms with E-state index in [1.807, 2.05) is 18.0 Å². The number of hydrogen-bond donors (Lipinski definition) is 0. The summed E-state index contributed by atoms with van der Waals surface area (Å²) in [5.74, 6) is 1.48. The summed E-state index contributed by atoms with van der Waals surface area (Å²) < 4.78 is 0. The molecule has 2 aliphatic heterocycles. The van der Waals surface area contributed by atoms with E-state index in [4.69, 9.17) is 4.98 Å². The second-order valence-corrected chi connectivity index (χ2v) is 8.44. The highest BCUT2D eigenvalue weighted by Crippen LogP contribution is 2.27. The fraction of sp³-hybridized carbons (Fsp3) is 0.522. The number of fused-ring (bicyclic) bond motifs is 1. The van der Waals surface area contributed by atoms with E-state index in [9.17, 15) is 4.79 Å². The number of likely N-dealkylation sites (tertiary alicyclic amines) is 1. The average Bonchev–Trinajstić information content (AvgIpc) is 2.72. The molecule has 0 N–H and O–H groups in total. The minimum Gasteiger partial charge on any atom is -0.337 e. The van der Waals surface area contributed by atoms with Crippen LogP contribution in [0.5, 0.6) is 0 Å². The molecule has 1 aromatic heterocycles. The summed E-state index contributed by atoms with van der Waals surface area (Å²) in [6.45, 7) is 7.63. The van der Waals surface area contributed by atoms with Gasteiger partial charge in [0.1, 0.15) is 5.82 Å². The van der Waals surface area contributed by atoms with Gasteiger partial charge in [-0.2, -0.15) is 0 Å². The fourth-order valence-electron chi connectivity index (χ4n) is 4.37. The molecular formula is C23H30N4O. The molecule has 28 heavy (non-hydrogen) atoms. The maximum Gasteiger partial charge on any atom is 0.230 e. The van der Waals surface area contributed by atoms with Gasteiger partial charge in [-0.05, 0) is 45.8 Å². The molecule has 2 aliphatic rings. The normalized spacial score (nSPS) is 21.2. The van der Waals surface area contributed by atoms with Crippen molar-refractivity contribution >= 4 is 5.91 Å². The van der Waals surface area contributed by atoms with E-state index < -0.39 is 0 Å². The van der Waals surface area contributed by atoms with Crippen LogP contribution < -0.4 is 0 Å². The van der Waals surface area contributed by atoms with Gasteiger partial charge in [0.05, 0.1) is 11.6 Å². The molecule has 1 amide bonds. The largest absolute Gasteiger partial charge is 0.337 e. The third-order valence-corrected chi connectivity index (χ3v) is 6.20. The number of amides is 1. The molecule has 1 aromatic carbocycles. The van der Waals surface area contributed by atoms with Crippen molar-refractivity contribution in [3.63, 3.8) is 0 Å². The summed E-state index contributed by atoms with van der Waals surface area (Å²) in [5.41, 5.74) is 4.52. The minimum absolute atomic E-state index is 0.125. The number of benzene rings is 1. The monoisotopic (exact) mass is 378 g/mol. The molecule has 0 spiro atoms. The van der Waals surface area contributed by atoms with Crippen molar-refractivity contribution in [2.75, 3.05) is 26.7 Å². The molecule has 4 rings (SSSR count). The molecule has 0 unspecified atom stereocenters. The molecule has 1 fully saturated rings. The van der Waals surface area contributed by atoms with E-state index in [2.05, 4.69) is 48.1 Å². The zero-order valence-corrected chi connectivity index (χ0v) is 17.2. The maximum absolute atomic E-state index is 13.0. The topological polar surface area (TPSA) is 49.3 Å². The van der Waals surface area contributed by atoms with E-state index in [0.29, 0.717) is 12.5 Å². The zero-order valence-electron chi connectivity index (χ0n) is 17.2. The van der Waals surface area contributed by atoms with Gasteiger partial charge in [-0.25, -0.2) is 9.97 Å². The van der Waals surface area contributed by atoms with E-state index in [1.165, 1.54) is 18.4 Å². The summed E-state index contributed by atoms with van der Waals surface area (Å²) in [7, 11) is 2.17. The summed E-state index contributed by atoms with van der Waals surface area (Å²) in [5, 5.41) is 0. The van der Waals surface area contributed by atoms with Crippen molar-refractivity contribution in [2.24, 2.45) is 0 Å². The number of likely N-dealkylation sites (N-methyl/N-ethyl adjacent to an activating group) is 1. The molecule has 3 heterocycles. The summed E-state index contributed by atoms with van der Waals surface area (Å²) in [6, 6.07) is 8.27. The highest BCUT2D eigenvalue weighted by Gasteiger charge is 2.28. The van der Waals surface area contributed by atoms with Crippen LogP contribution in [0.3, 0.4) is 0 Å². The van der Waals surface area contributed by atoms with Crippen LogP contribution in [0.2, 0.25) is 0 Å². The number of hydrogen-bond acceptors (Lipinski definition) is 4. The van der Waals surface area contributed by atoms with Gasteiger partial charge in [0.15, 0.2) is 0 Å². The second kappa shape index (κ2) is 8.00. The Kier molecular flexibility index (Phi) is 5.44. The van der Waals surface area contributed by atoms with Crippen LogP contribution in [0.1, 0.15) is 59.8 Å². The third-order valence-electron chi connectivity index (χ3n) is 6.20. The predicted octanol–water partition coefficient (Wildman–Crippen LogP) is 3.28. The van der Waals surface area contributed by atoms with E-state index in [0.717, 1.165) is 48.7 Å². The van der Waals surface area contributed by atoms with Crippen LogP contribution >= 0.6 is 0 Å². The van der Waals surface area contributed by atoms with Crippen molar-refractivity contribution in [3.05, 3.63) is 58.7 Å². The maximum atomic E-state index is 13.0. The average molecular weight is 379 g/mol. The lowest BCUT2D eigenvalue weighted by Gasteiger charge is -2.32. The van der Waals surface area contributed by atoms with E-state index in [-0.39, 0.29) is 11.8 Å². The van der Waals surface area contributed by atoms with Crippen molar-refractivity contribution in [1.82, 2.24) is 19.8 Å². The molecule has 0 aliphatic carbocycles. The molecule has 0 bridgehead atoms. The van der Waals surface area contributed by atoms with Gasteiger partial charge in [0.25, 0.3) is 0 Å². The number of piperidine rings is 1. The first-order valence-corrected chi connectivity index (χ1v) is 10.4. The smallest absolute Gasteiger partial charge is 0.230 e. The zero-order chi connectivity index (χ0) is 19.7. The lowest BCUT2D eigenvalue weighted by atomic mass is 9.96. The Bertz CT molecular complexity index is 848. The van der Waals surface area contributed by atoms with Gasteiger partial charge in [-0.3, -0.25) is 4.79 Å². The molecule has 5 heteroatoms. The van der Waals surface area contributed by atoms with Crippen LogP contribution in [0.25, 0.3) is 0 Å². The highest BCUT2D eigenvalue weighted by molar-refractivity contribution is 5.83. The Balaban J connectivity index is 1.46. The van der Waals surface area contributed by atoms with Gasteiger partial charge < -0.3 is 9.80 Å². The number of rotatable bonds is 3. The highest BCUT2D eigenvalue weighted by atomic mass is 16.2. The van der Waals surface area contributed by atoms with Crippen LogP contribution in [0, 0.1) is 6.92 Å². The first-order valence-electron chi connectivity index (χ1n) is 10.4. The van der Waals surface area contributed by atoms with Crippen LogP contribution in [0.15, 0.2) is 30.5 Å². The first kappa shape index (κ1) is 19.1. The number of aryl methyl sites for hydroxylation is 1. The number of carbonyl (C=O) groups excluding carboxylic acids is 1. The quantitative estimate of drug-likeness (QED) is 0.822. The van der Waals surface area contributed by atoms with Crippen LogP contribution in [-0.4, -0.2) is 52.4 Å². The van der Waals surface area contributed by atoms with Crippen molar-refractivity contribution < 1.29 is 4.79 Å². The van der Waals surface area contributed by atoms with E-state index in [1.54, 1.807) is 0 Å². The first-order chi connectivity index (χ1) is 13.5. The number of nitrogens with zero attached hydrogens (tertiary/aromatic N) is 4. The van der Waals surface area contributed by atoms with Crippen LogP contribution in [-0.2, 0) is 17.8 Å². The van der Waals surface area contributed by atoms with Crippen molar-refractivity contribution in [2.45, 2.75) is 51.5 Å². The summed E-state index contributed by atoms with van der Waals surface area (Å²) in [6.07, 6.45) is 5.16. The molecule has 5 nitrogen and oxygen atoms in total. The molecule has 2 atom stereocenters. The molecule has 1 saturated heterocycles. The SMILES string of the molecule is Cc1ccc([C@H](C)C(=O)N2CCc3nc([C@@H]4CCCN(C)C4)ncc3C2)cc1. The third kappa shape index (κ3) is 3.95. The fourth-order valence-corrected chi connectivity index (χ4v) is 4.37. The predicted molar refractivity (Wildman–Crippen MR) is 110 cm³/mol. The van der Waals surface area contributed by atoms with Gasteiger partial charge in [-0.1, -0.05) is 29.8 Å². The number of aromatic nitrogens is 2. The van der Waals surface area contributed by atoms with Gasteiger partial charge in [0.2, 0.25) is 5.91 Å². The summed E-state index contributed by atoms with van der Waals surface area (Å²) in [4.78, 5) is 26.9. The van der Waals surface area contributed by atoms with E-state index >= 15 is 0 Å². The van der Waals surface area contributed by atoms with Gasteiger partial charge in [0, 0.05) is 43.7 Å². The molecule has 148 valence electrons. The Morgan fingerprint density at radius 1 is 1.21 bits per heavy atom. The lowest BCUT2D eigenvalue weighted by Crippen LogP contribution is -2.39. The molecule has 2 aromatic rings. The Hall–Kier alpha value is -2.27. The molecule has 0 saturated carbocycles. The van der Waals surface area contributed by atoms with Gasteiger partial charge >= 0.3 is 0 Å². The standard InChI is InChI=1S/C23H30N4O/c1-16-6-8-18(9-7-16)17(2)23(28)27-12-10-21-20(15-27)13-24-22(25-21)19-5-4-11-26(3)14-19/h6-9,13,17,19H,4-5,10-12,14-15H2,1-3H3/t17-,19+/m0/s1. The van der Waals surface area contributed by atoms with Gasteiger partial charge in [-0.15, -0.1) is 0 Å². The Labute approximate surface area is 167 Å². The molecular weight excluding hydrogens is 348 g/mol. The summed E-state index contributed by atoms with van der Waals surface area (Å²) >= 11 is 0. The lowest BCUT2D eigenvalue weighted by molar-refractivity contribution is -0.133. The molecule has 0 radical (unpaired) electrons. The van der Waals surface area contributed by atoms with Crippen molar-refractivity contribution in [1.29, 1.82) is 0 Å². The Morgan fingerprint density at radius 2 is 2.00 bits per heavy atom. The Morgan fingerprint density at radius 3 is 2.75 bits per heavy atom. The second-order valence-electron chi connectivity index (χ2n) is 8.44. The minimum atomic E-state index is -0.125. The van der Waals surface area contributed by atoms with Crippen molar-refractivity contribution in [3.8, 4) is 0 Å². The number of carbonyl (C=O) groups is 1.